The van der Waals surface area contributed by atoms with Gasteiger partial charge in [0.2, 0.25) is 0 Å². The first-order valence-corrected chi connectivity index (χ1v) is 40.7. The molecule has 19 aromatic carbocycles. The molecule has 0 aliphatic carbocycles. The zero-order valence-electron chi connectivity index (χ0n) is 66.0. The number of rotatable bonds is 13. The number of fused-ring (bicyclic) bond motifs is 6. The topological polar surface area (TPSA) is 9.72 Å². The number of benzene rings is 19. The van der Waals surface area contributed by atoms with Crippen LogP contribution in [0.15, 0.2) is 400 Å². The molecule has 0 atom stereocenters. The highest BCUT2D eigenvalue weighted by Crippen LogP contribution is 2.57. The molecule has 0 saturated carbocycles. The summed E-state index contributed by atoms with van der Waals surface area (Å²) in [5.74, 6) is 0. The minimum absolute atomic E-state index is 0.225. The van der Waals surface area contributed by atoms with Crippen LogP contribution in [0.2, 0.25) is 0 Å². The van der Waals surface area contributed by atoms with Gasteiger partial charge in [0, 0.05) is 56.4 Å². The SMILES string of the molecule is CC(C)(C)c1cc(-c2ccccc2)c(N2c3ccc(-c4ccccc4)cc3B3c4ccc(-c5cc6cccc7c8cccc9cccc(c(c5)c67)c98)cc4N(c4c(-c5ccccc5)cc(C(C)(C)C)cc4-c4ccccc4)c4cc(N(c5ccc(-c6ccccc6)cc5)c5ccc(-c6ccccc6)cc5)cc2c43)c(-c2ccccc2)c1. The van der Waals surface area contributed by atoms with E-state index in [1.807, 2.05) is 0 Å². The molecule has 0 bridgehead atoms. The molecule has 0 spiro atoms. The normalized spacial score (nSPS) is 12.5. The second-order valence-electron chi connectivity index (χ2n) is 33.5. The van der Waals surface area contributed by atoms with Crippen molar-refractivity contribution in [1.29, 1.82) is 0 Å². The second-order valence-corrected chi connectivity index (χ2v) is 33.5. The summed E-state index contributed by atoms with van der Waals surface area (Å²) in [5.41, 5.74) is 33.6. The molecule has 550 valence electrons. The summed E-state index contributed by atoms with van der Waals surface area (Å²) >= 11 is 0. The molecular weight excluding hydrogens is 1400 g/mol. The lowest BCUT2D eigenvalue weighted by molar-refractivity contribution is 0.590. The maximum absolute atomic E-state index is 2.74. The van der Waals surface area contributed by atoms with Gasteiger partial charge in [0.25, 0.3) is 6.71 Å². The average Bonchev–Trinajstić information content (AvgIpc) is 0.683. The smallest absolute Gasteiger partial charge is 0.252 e. The predicted molar refractivity (Wildman–Crippen MR) is 497 cm³/mol. The van der Waals surface area contributed by atoms with Gasteiger partial charge in [0.1, 0.15) is 0 Å². The van der Waals surface area contributed by atoms with Gasteiger partial charge in [-0.3, -0.25) is 0 Å². The van der Waals surface area contributed by atoms with E-state index in [1.54, 1.807) is 0 Å². The van der Waals surface area contributed by atoms with E-state index in [0.29, 0.717) is 0 Å². The van der Waals surface area contributed by atoms with Crippen molar-refractivity contribution < 1.29 is 0 Å². The molecular formula is C112H84BN3. The lowest BCUT2D eigenvalue weighted by Gasteiger charge is -2.46. The third-order valence-corrected chi connectivity index (χ3v) is 24.4. The van der Waals surface area contributed by atoms with Crippen molar-refractivity contribution in [3.63, 3.8) is 0 Å². The Morgan fingerprint density at radius 3 is 0.991 bits per heavy atom. The Hall–Kier alpha value is -14.1. The summed E-state index contributed by atoms with van der Waals surface area (Å²) in [6.07, 6.45) is 0. The highest BCUT2D eigenvalue weighted by Gasteiger charge is 2.47. The van der Waals surface area contributed by atoms with Crippen molar-refractivity contribution in [3.8, 4) is 89.0 Å². The maximum atomic E-state index is 2.74. The fourth-order valence-corrected chi connectivity index (χ4v) is 18.7. The third-order valence-electron chi connectivity index (χ3n) is 24.4. The van der Waals surface area contributed by atoms with Gasteiger partial charge in [0.15, 0.2) is 0 Å². The Bertz CT molecular complexity index is 6770. The van der Waals surface area contributed by atoms with Gasteiger partial charge in [-0.25, -0.2) is 0 Å². The minimum atomic E-state index is -0.314. The van der Waals surface area contributed by atoms with E-state index in [1.165, 1.54) is 70.6 Å². The van der Waals surface area contributed by atoms with Crippen molar-refractivity contribution in [2.75, 3.05) is 14.7 Å². The molecule has 2 aliphatic heterocycles. The summed E-state index contributed by atoms with van der Waals surface area (Å²) in [6, 6.07) is 152. The monoisotopic (exact) mass is 1480 g/mol. The van der Waals surface area contributed by atoms with E-state index in [4.69, 9.17) is 0 Å². The fraction of sp³-hybridized carbons (Fsp3) is 0.0714. The van der Waals surface area contributed by atoms with Crippen LogP contribution in [0.1, 0.15) is 52.7 Å². The Morgan fingerprint density at radius 2 is 0.569 bits per heavy atom. The Morgan fingerprint density at radius 1 is 0.224 bits per heavy atom. The standard InChI is InChI=1S/C112H84BN3/c1-111(2,3)87-67-95(78-37-20-10-21-38-78)109(96(68-87)79-39-22-11-23-40-79)115-102-62-56-83(75-35-18-9-19-36-75)65-101(102)113-100-61-55-84(86-63-85-47-30-49-93-92-48-28-45-82-46-29-50-94(106(82)92)99(64-86)107(85)93)66-103(100)116(110-97(80-41-24-12-25-42-80)69-88(112(4,5)6)70-98(110)81-43-26-13-27-44-81)105-72-91(71-104(115)108(105)113)114(89-57-51-76(52-58-89)73-31-14-7-15-32-73)90-59-53-77(54-60-90)74-33-16-8-17-34-74/h7-72H,1-6H3. The minimum Gasteiger partial charge on any atom is -0.310 e. The summed E-state index contributed by atoms with van der Waals surface area (Å²) in [6.45, 7) is 13.8. The number of nitrogens with zero attached hydrogens (tertiary/aromatic N) is 3. The van der Waals surface area contributed by atoms with Crippen LogP contribution >= 0.6 is 0 Å². The Balaban J connectivity index is 0.948. The highest BCUT2D eigenvalue weighted by atomic mass is 15.2. The molecule has 0 unspecified atom stereocenters. The van der Waals surface area contributed by atoms with Crippen LogP contribution in [0.4, 0.5) is 51.2 Å². The van der Waals surface area contributed by atoms with E-state index >= 15 is 0 Å². The van der Waals surface area contributed by atoms with Gasteiger partial charge in [-0.2, -0.15) is 0 Å². The van der Waals surface area contributed by atoms with E-state index in [9.17, 15) is 0 Å². The van der Waals surface area contributed by atoms with E-state index in [-0.39, 0.29) is 17.5 Å². The van der Waals surface area contributed by atoms with E-state index in [0.717, 1.165) is 140 Å². The molecule has 0 aromatic heterocycles. The molecule has 0 N–H and O–H groups in total. The van der Waals surface area contributed by atoms with Crippen molar-refractivity contribution in [2.24, 2.45) is 0 Å². The summed E-state index contributed by atoms with van der Waals surface area (Å²) in [7, 11) is 0. The number of anilines is 9. The van der Waals surface area contributed by atoms with E-state index in [2.05, 4.69) is 457 Å². The van der Waals surface area contributed by atoms with Crippen LogP contribution < -0.4 is 31.1 Å². The third kappa shape index (κ3) is 12.0. The molecule has 116 heavy (non-hydrogen) atoms. The van der Waals surface area contributed by atoms with Crippen LogP contribution in [0.25, 0.3) is 132 Å². The molecule has 2 aliphatic rings. The lowest BCUT2D eigenvalue weighted by atomic mass is 9.33. The fourth-order valence-electron chi connectivity index (χ4n) is 18.7. The van der Waals surface area contributed by atoms with Gasteiger partial charge < -0.3 is 14.7 Å². The molecule has 0 fully saturated rings. The molecule has 0 amide bonds. The van der Waals surface area contributed by atoms with Crippen molar-refractivity contribution in [1.82, 2.24) is 0 Å². The largest absolute Gasteiger partial charge is 0.310 e. The van der Waals surface area contributed by atoms with Crippen LogP contribution in [-0.2, 0) is 10.8 Å². The van der Waals surface area contributed by atoms with Crippen molar-refractivity contribution in [3.05, 3.63) is 412 Å². The van der Waals surface area contributed by atoms with Gasteiger partial charge >= 0.3 is 0 Å². The van der Waals surface area contributed by atoms with Crippen LogP contribution in [0.5, 0.6) is 0 Å². The first-order chi connectivity index (χ1) is 56.8. The van der Waals surface area contributed by atoms with Crippen LogP contribution in [-0.4, -0.2) is 6.71 Å². The number of hydrogen-bond acceptors (Lipinski definition) is 3. The van der Waals surface area contributed by atoms with Crippen LogP contribution in [0.3, 0.4) is 0 Å². The van der Waals surface area contributed by atoms with Gasteiger partial charge in [0.05, 0.1) is 17.1 Å². The molecule has 21 rings (SSSR count). The van der Waals surface area contributed by atoms with Gasteiger partial charge in [-0.05, 0) is 233 Å². The predicted octanol–water partition coefficient (Wildman–Crippen LogP) is 29.2. The van der Waals surface area contributed by atoms with Crippen LogP contribution in [0, 0.1) is 0 Å². The zero-order chi connectivity index (χ0) is 77.9. The van der Waals surface area contributed by atoms with Crippen molar-refractivity contribution >= 4 is 117 Å². The van der Waals surface area contributed by atoms with Gasteiger partial charge in [-0.1, -0.05) is 357 Å². The maximum Gasteiger partial charge on any atom is 0.252 e. The first kappa shape index (κ1) is 69.9. The van der Waals surface area contributed by atoms with Crippen molar-refractivity contribution in [2.45, 2.75) is 52.4 Å². The number of hydrogen-bond donors (Lipinski definition) is 0. The Labute approximate surface area is 680 Å². The summed E-state index contributed by atoms with van der Waals surface area (Å²) in [5, 5.41) is 10.1. The zero-order valence-corrected chi connectivity index (χ0v) is 66.0. The first-order valence-electron chi connectivity index (χ1n) is 40.7. The molecule has 19 aromatic rings. The molecule has 0 radical (unpaired) electrons. The summed E-state index contributed by atoms with van der Waals surface area (Å²) < 4.78 is 0. The molecule has 2 heterocycles. The molecule has 0 saturated heterocycles. The highest BCUT2D eigenvalue weighted by molar-refractivity contribution is 7.00. The van der Waals surface area contributed by atoms with E-state index < -0.39 is 0 Å². The quantitative estimate of drug-likeness (QED) is 0.0647. The summed E-state index contributed by atoms with van der Waals surface area (Å²) in [4.78, 5) is 7.98. The molecule has 3 nitrogen and oxygen atoms in total. The lowest BCUT2D eigenvalue weighted by Crippen LogP contribution is -2.61. The second kappa shape index (κ2) is 27.9. The Kier molecular flexibility index (Phi) is 16.8. The van der Waals surface area contributed by atoms with Gasteiger partial charge in [-0.15, -0.1) is 0 Å². The average molecular weight is 1480 g/mol. The molecule has 4 heteroatoms.